The Labute approximate surface area is 94.5 Å². The fourth-order valence-electron chi connectivity index (χ4n) is 2.26. The minimum atomic E-state index is 0.303. The summed E-state index contributed by atoms with van der Waals surface area (Å²) in [4.78, 5) is 2.39. The van der Waals surface area contributed by atoms with Gasteiger partial charge in [-0.2, -0.15) is 11.3 Å². The van der Waals surface area contributed by atoms with Crippen LogP contribution >= 0.6 is 11.3 Å². The molecule has 1 aromatic rings. The zero-order valence-electron chi connectivity index (χ0n) is 8.80. The van der Waals surface area contributed by atoms with Crippen LogP contribution in [0.1, 0.15) is 18.0 Å². The van der Waals surface area contributed by atoms with Crippen molar-refractivity contribution in [3.05, 3.63) is 22.4 Å². The Morgan fingerprint density at radius 3 is 3.07 bits per heavy atom. The molecule has 84 valence electrons. The molecule has 3 nitrogen and oxygen atoms in total. The maximum absolute atomic E-state index is 9.11. The van der Waals surface area contributed by atoms with E-state index in [-0.39, 0.29) is 0 Å². The van der Waals surface area contributed by atoms with Crippen LogP contribution in [0.2, 0.25) is 0 Å². The minimum absolute atomic E-state index is 0.303. The van der Waals surface area contributed by atoms with Crippen molar-refractivity contribution < 1.29 is 5.11 Å². The fourth-order valence-corrected chi connectivity index (χ4v) is 2.96. The summed E-state index contributed by atoms with van der Waals surface area (Å²) in [5.41, 5.74) is 7.15. The van der Waals surface area contributed by atoms with Crippen molar-refractivity contribution in [3.8, 4) is 0 Å². The van der Waals surface area contributed by atoms with E-state index in [1.807, 2.05) is 0 Å². The van der Waals surface area contributed by atoms with E-state index in [4.69, 9.17) is 10.8 Å². The summed E-state index contributed by atoms with van der Waals surface area (Å²) in [5, 5.41) is 13.4. The first-order valence-corrected chi connectivity index (χ1v) is 6.36. The number of rotatable bonds is 4. The molecule has 4 heteroatoms. The smallest absolute Gasteiger partial charge is 0.0478 e. The second kappa shape index (κ2) is 5.07. The van der Waals surface area contributed by atoms with E-state index in [2.05, 4.69) is 21.7 Å². The number of nitrogens with zero attached hydrogens (tertiary/aromatic N) is 1. The van der Waals surface area contributed by atoms with Crippen LogP contribution in [0.3, 0.4) is 0 Å². The summed E-state index contributed by atoms with van der Waals surface area (Å²) >= 11 is 1.72. The molecule has 2 heterocycles. The van der Waals surface area contributed by atoms with Crippen LogP contribution in [0.5, 0.6) is 0 Å². The summed E-state index contributed by atoms with van der Waals surface area (Å²) < 4.78 is 0. The number of aliphatic hydroxyl groups excluding tert-OH is 1. The van der Waals surface area contributed by atoms with Crippen molar-refractivity contribution in [1.29, 1.82) is 0 Å². The summed E-state index contributed by atoms with van der Waals surface area (Å²) in [6.07, 6.45) is 1.09. The van der Waals surface area contributed by atoms with Crippen LogP contribution in [-0.4, -0.2) is 36.2 Å². The van der Waals surface area contributed by atoms with Gasteiger partial charge in [0.15, 0.2) is 0 Å². The number of hydrogen-bond acceptors (Lipinski definition) is 4. The number of hydrogen-bond donors (Lipinski definition) is 2. The third-order valence-corrected chi connectivity index (χ3v) is 3.87. The highest BCUT2D eigenvalue weighted by Crippen LogP contribution is 2.27. The highest BCUT2D eigenvalue weighted by molar-refractivity contribution is 7.07. The zero-order valence-corrected chi connectivity index (χ0v) is 9.62. The van der Waals surface area contributed by atoms with Crippen molar-refractivity contribution in [2.24, 2.45) is 11.7 Å². The normalized spacial score (nSPS) is 24.5. The van der Waals surface area contributed by atoms with Crippen LogP contribution in [0, 0.1) is 5.92 Å². The molecule has 2 atom stereocenters. The molecule has 0 radical (unpaired) electrons. The van der Waals surface area contributed by atoms with Crippen molar-refractivity contribution in [3.63, 3.8) is 0 Å². The van der Waals surface area contributed by atoms with Gasteiger partial charge in [0.1, 0.15) is 0 Å². The Hall–Kier alpha value is -0.420. The van der Waals surface area contributed by atoms with Gasteiger partial charge in [0, 0.05) is 25.7 Å². The van der Waals surface area contributed by atoms with E-state index in [0.29, 0.717) is 25.1 Å². The van der Waals surface area contributed by atoms with Crippen molar-refractivity contribution in [1.82, 2.24) is 4.90 Å². The number of aliphatic hydroxyl groups is 1. The van der Waals surface area contributed by atoms with Gasteiger partial charge < -0.3 is 10.8 Å². The molecule has 0 aromatic carbocycles. The molecule has 0 aliphatic carbocycles. The van der Waals surface area contributed by atoms with Gasteiger partial charge in [-0.1, -0.05) is 0 Å². The lowest BCUT2D eigenvalue weighted by molar-refractivity contribution is 0.201. The Morgan fingerprint density at radius 1 is 1.67 bits per heavy atom. The number of thiophene rings is 1. The molecular formula is C11H18N2OS. The molecule has 1 aliphatic heterocycles. The van der Waals surface area contributed by atoms with Gasteiger partial charge in [0.25, 0.3) is 0 Å². The maximum Gasteiger partial charge on any atom is 0.0478 e. The third-order valence-electron chi connectivity index (χ3n) is 3.17. The predicted molar refractivity (Wildman–Crippen MR) is 62.9 cm³/mol. The van der Waals surface area contributed by atoms with Gasteiger partial charge in [0.05, 0.1) is 0 Å². The zero-order chi connectivity index (χ0) is 10.7. The van der Waals surface area contributed by atoms with Crippen LogP contribution in [0.15, 0.2) is 16.8 Å². The summed E-state index contributed by atoms with van der Waals surface area (Å²) in [7, 11) is 0. The van der Waals surface area contributed by atoms with E-state index in [0.717, 1.165) is 19.5 Å². The quantitative estimate of drug-likeness (QED) is 0.807. The highest BCUT2D eigenvalue weighted by Gasteiger charge is 2.27. The molecule has 15 heavy (non-hydrogen) atoms. The van der Waals surface area contributed by atoms with E-state index in [1.165, 1.54) is 5.56 Å². The molecule has 2 rings (SSSR count). The van der Waals surface area contributed by atoms with Gasteiger partial charge in [-0.25, -0.2) is 0 Å². The molecule has 1 fully saturated rings. The fraction of sp³-hybridized carbons (Fsp3) is 0.636. The van der Waals surface area contributed by atoms with Crippen LogP contribution < -0.4 is 5.73 Å². The SMILES string of the molecule is NCC(c1ccsc1)N1CCC(CO)C1. The topological polar surface area (TPSA) is 49.5 Å². The van der Waals surface area contributed by atoms with Gasteiger partial charge in [-0.05, 0) is 41.3 Å². The molecule has 0 saturated carbocycles. The van der Waals surface area contributed by atoms with Gasteiger partial charge in [0.2, 0.25) is 0 Å². The molecule has 0 bridgehead atoms. The van der Waals surface area contributed by atoms with E-state index in [1.54, 1.807) is 11.3 Å². The first-order chi connectivity index (χ1) is 7.35. The highest BCUT2D eigenvalue weighted by atomic mass is 32.1. The molecule has 0 spiro atoms. The standard InChI is InChI=1S/C11H18N2OS/c12-5-11(10-2-4-15-8-10)13-3-1-9(6-13)7-14/h2,4,8-9,11,14H,1,3,5-7,12H2. The second-order valence-corrected chi connectivity index (χ2v) is 4.92. The molecule has 1 aliphatic rings. The third kappa shape index (κ3) is 2.39. The average molecular weight is 226 g/mol. The van der Waals surface area contributed by atoms with Gasteiger partial charge in [-0.3, -0.25) is 4.90 Å². The Balaban J connectivity index is 2.02. The average Bonchev–Trinajstić information content (AvgIpc) is 2.89. The Morgan fingerprint density at radius 2 is 2.53 bits per heavy atom. The van der Waals surface area contributed by atoms with Crippen LogP contribution in [-0.2, 0) is 0 Å². The first kappa shape index (κ1) is 11.1. The summed E-state index contributed by atoms with van der Waals surface area (Å²) in [6, 6.07) is 2.49. The lowest BCUT2D eigenvalue weighted by Crippen LogP contribution is -2.32. The molecule has 1 aromatic heterocycles. The molecule has 2 unspecified atom stereocenters. The predicted octanol–water partition coefficient (Wildman–Crippen LogP) is 1.06. The van der Waals surface area contributed by atoms with Crippen molar-refractivity contribution in [2.75, 3.05) is 26.2 Å². The minimum Gasteiger partial charge on any atom is -0.396 e. The molecular weight excluding hydrogens is 208 g/mol. The van der Waals surface area contributed by atoms with E-state index >= 15 is 0 Å². The Bertz CT molecular complexity index is 289. The summed E-state index contributed by atoms with van der Waals surface area (Å²) in [5.74, 6) is 0.442. The van der Waals surface area contributed by atoms with Crippen LogP contribution in [0.25, 0.3) is 0 Å². The molecule has 1 saturated heterocycles. The van der Waals surface area contributed by atoms with E-state index in [9.17, 15) is 0 Å². The van der Waals surface area contributed by atoms with Crippen molar-refractivity contribution in [2.45, 2.75) is 12.5 Å². The van der Waals surface area contributed by atoms with Gasteiger partial charge in [-0.15, -0.1) is 0 Å². The number of likely N-dealkylation sites (tertiary alicyclic amines) is 1. The largest absolute Gasteiger partial charge is 0.396 e. The lowest BCUT2D eigenvalue weighted by Gasteiger charge is -2.26. The van der Waals surface area contributed by atoms with Gasteiger partial charge >= 0.3 is 0 Å². The summed E-state index contributed by atoms with van der Waals surface area (Å²) in [6.45, 7) is 3.00. The second-order valence-electron chi connectivity index (χ2n) is 4.14. The first-order valence-electron chi connectivity index (χ1n) is 5.42. The number of nitrogens with two attached hydrogens (primary N) is 1. The van der Waals surface area contributed by atoms with Crippen LogP contribution in [0.4, 0.5) is 0 Å². The maximum atomic E-state index is 9.11. The van der Waals surface area contributed by atoms with E-state index < -0.39 is 0 Å². The molecule has 3 N–H and O–H groups in total. The lowest BCUT2D eigenvalue weighted by atomic mass is 10.1. The van der Waals surface area contributed by atoms with Crippen molar-refractivity contribution >= 4 is 11.3 Å². The monoisotopic (exact) mass is 226 g/mol. The molecule has 0 amide bonds. The Kier molecular flexibility index (Phi) is 3.75.